The number of benzene rings is 1. The highest BCUT2D eigenvalue weighted by Crippen LogP contribution is 2.39. The Bertz CT molecular complexity index is 660. The molecule has 2 atom stereocenters. The van der Waals surface area contributed by atoms with Crippen LogP contribution in [0.2, 0.25) is 0 Å². The molecule has 1 fully saturated rings. The first kappa shape index (κ1) is 19.9. The normalized spacial score (nSPS) is 18.3. The molecule has 7 heteroatoms. The predicted molar refractivity (Wildman–Crippen MR) is 98.8 cm³/mol. The first-order valence-electron chi connectivity index (χ1n) is 8.93. The van der Waals surface area contributed by atoms with Crippen LogP contribution in [0, 0.1) is 11.8 Å². The van der Waals surface area contributed by atoms with E-state index in [9.17, 15) is 14.4 Å². The van der Waals surface area contributed by atoms with Gasteiger partial charge in [-0.2, -0.15) is 0 Å². The largest absolute Gasteiger partial charge is 0.462 e. The molecular formula is C19H27N3O4. The van der Waals surface area contributed by atoms with Crippen LogP contribution in [0.1, 0.15) is 30.1 Å². The van der Waals surface area contributed by atoms with Crippen molar-refractivity contribution >= 4 is 23.5 Å². The van der Waals surface area contributed by atoms with E-state index in [1.54, 1.807) is 31.2 Å². The lowest BCUT2D eigenvalue weighted by molar-refractivity contribution is -0.125. The molecule has 1 aromatic carbocycles. The summed E-state index contributed by atoms with van der Waals surface area (Å²) in [5, 5.41) is 5.63. The first-order valence-corrected chi connectivity index (χ1v) is 8.93. The Balaban J connectivity index is 1.85. The maximum absolute atomic E-state index is 12.4. The molecule has 2 rings (SSSR count). The second-order valence-electron chi connectivity index (χ2n) is 6.65. The Morgan fingerprint density at radius 3 is 2.54 bits per heavy atom. The summed E-state index contributed by atoms with van der Waals surface area (Å²) in [5.74, 6) is -1.43. The molecule has 0 bridgehead atoms. The molecule has 2 unspecified atom stereocenters. The number of nitrogens with zero attached hydrogens (tertiary/aromatic N) is 1. The number of amides is 2. The number of anilines is 1. The predicted octanol–water partition coefficient (Wildman–Crippen LogP) is 1.51. The van der Waals surface area contributed by atoms with Gasteiger partial charge in [-0.15, -0.1) is 0 Å². The van der Waals surface area contributed by atoms with E-state index in [4.69, 9.17) is 4.74 Å². The number of esters is 1. The minimum absolute atomic E-state index is 0.0809. The third-order valence-corrected chi connectivity index (χ3v) is 4.23. The van der Waals surface area contributed by atoms with E-state index in [1.165, 1.54) is 0 Å². The summed E-state index contributed by atoms with van der Waals surface area (Å²) in [6.07, 6.45) is 1.40. The van der Waals surface area contributed by atoms with Gasteiger partial charge in [-0.05, 0) is 52.5 Å². The molecular weight excluding hydrogens is 334 g/mol. The summed E-state index contributed by atoms with van der Waals surface area (Å²) >= 11 is 0. The summed E-state index contributed by atoms with van der Waals surface area (Å²) < 4.78 is 5.00. The van der Waals surface area contributed by atoms with Crippen LogP contribution >= 0.6 is 0 Å². The van der Waals surface area contributed by atoms with Crippen LogP contribution < -0.4 is 10.6 Å². The van der Waals surface area contributed by atoms with E-state index < -0.39 is 5.97 Å². The van der Waals surface area contributed by atoms with E-state index in [0.717, 1.165) is 13.0 Å². The van der Waals surface area contributed by atoms with Crippen LogP contribution in [0.5, 0.6) is 0 Å². The highest BCUT2D eigenvalue weighted by Gasteiger charge is 2.48. The van der Waals surface area contributed by atoms with Crippen molar-refractivity contribution in [1.29, 1.82) is 0 Å². The Kier molecular flexibility index (Phi) is 7.15. The van der Waals surface area contributed by atoms with Crippen LogP contribution in [0.25, 0.3) is 0 Å². The highest BCUT2D eigenvalue weighted by molar-refractivity contribution is 6.04. The smallest absolute Gasteiger partial charge is 0.340 e. The van der Waals surface area contributed by atoms with Crippen molar-refractivity contribution in [3.05, 3.63) is 29.8 Å². The van der Waals surface area contributed by atoms with E-state index in [1.807, 2.05) is 14.1 Å². The lowest BCUT2D eigenvalue weighted by atomic mass is 10.1. The molecule has 0 heterocycles. The number of nitrogens with one attached hydrogen (secondary N) is 2. The van der Waals surface area contributed by atoms with Crippen molar-refractivity contribution in [3.8, 4) is 0 Å². The minimum atomic E-state index is -0.477. The number of carbonyl (C=O) groups excluding carboxylic acids is 3. The average Bonchev–Trinajstić information content (AvgIpc) is 3.40. The topological polar surface area (TPSA) is 87.7 Å². The molecule has 1 aliphatic rings. The fourth-order valence-electron chi connectivity index (χ4n) is 2.72. The Hall–Kier alpha value is -2.41. The lowest BCUT2D eigenvalue weighted by Gasteiger charge is -2.11. The molecule has 0 radical (unpaired) electrons. The van der Waals surface area contributed by atoms with Crippen molar-refractivity contribution in [2.24, 2.45) is 11.8 Å². The van der Waals surface area contributed by atoms with Gasteiger partial charge in [0.1, 0.15) is 0 Å². The zero-order valence-corrected chi connectivity index (χ0v) is 15.6. The van der Waals surface area contributed by atoms with Gasteiger partial charge in [-0.1, -0.05) is 12.1 Å². The van der Waals surface area contributed by atoms with Crippen LogP contribution in [-0.4, -0.2) is 56.5 Å². The van der Waals surface area contributed by atoms with Crippen LogP contribution in [-0.2, 0) is 14.3 Å². The number of hydrogen-bond donors (Lipinski definition) is 2. The Morgan fingerprint density at radius 2 is 1.85 bits per heavy atom. The van der Waals surface area contributed by atoms with Crippen molar-refractivity contribution < 1.29 is 19.1 Å². The zero-order chi connectivity index (χ0) is 19.1. The quantitative estimate of drug-likeness (QED) is 0.514. The molecule has 7 nitrogen and oxygen atoms in total. The van der Waals surface area contributed by atoms with Crippen LogP contribution in [0.4, 0.5) is 5.69 Å². The second-order valence-corrected chi connectivity index (χ2v) is 6.65. The number of para-hydroxylation sites is 1. The SMILES string of the molecule is CCOC(=O)c1ccccc1NC(=O)C1CC1C(=O)NCCCN(C)C. The summed E-state index contributed by atoms with van der Waals surface area (Å²) in [5.41, 5.74) is 0.723. The minimum Gasteiger partial charge on any atom is -0.462 e. The fourth-order valence-corrected chi connectivity index (χ4v) is 2.72. The monoisotopic (exact) mass is 361 g/mol. The molecule has 0 aromatic heterocycles. The van der Waals surface area contributed by atoms with Gasteiger partial charge >= 0.3 is 5.97 Å². The number of ether oxygens (including phenoxy) is 1. The maximum atomic E-state index is 12.4. The summed E-state index contributed by atoms with van der Waals surface area (Å²) in [6, 6.07) is 6.71. The van der Waals surface area contributed by atoms with E-state index in [0.29, 0.717) is 24.2 Å². The molecule has 0 spiro atoms. The Labute approximate surface area is 154 Å². The van der Waals surface area contributed by atoms with Gasteiger partial charge < -0.3 is 20.3 Å². The highest BCUT2D eigenvalue weighted by atomic mass is 16.5. The third-order valence-electron chi connectivity index (χ3n) is 4.23. The number of carbonyl (C=O) groups is 3. The molecule has 2 amide bonds. The lowest BCUT2D eigenvalue weighted by Crippen LogP contribution is -2.30. The number of rotatable bonds is 9. The fraction of sp³-hybridized carbons (Fsp3) is 0.526. The van der Waals surface area contributed by atoms with E-state index in [2.05, 4.69) is 15.5 Å². The summed E-state index contributed by atoms with van der Waals surface area (Å²) in [6.45, 7) is 3.50. The average molecular weight is 361 g/mol. The van der Waals surface area contributed by atoms with Crippen LogP contribution in [0.15, 0.2) is 24.3 Å². The van der Waals surface area contributed by atoms with Crippen molar-refractivity contribution in [1.82, 2.24) is 10.2 Å². The molecule has 1 saturated carbocycles. The van der Waals surface area contributed by atoms with Gasteiger partial charge in [0.25, 0.3) is 0 Å². The van der Waals surface area contributed by atoms with Crippen molar-refractivity contribution in [3.63, 3.8) is 0 Å². The summed E-state index contributed by atoms with van der Waals surface area (Å²) in [7, 11) is 3.97. The first-order chi connectivity index (χ1) is 12.4. The molecule has 142 valence electrons. The Morgan fingerprint density at radius 1 is 1.15 bits per heavy atom. The van der Waals surface area contributed by atoms with Gasteiger partial charge in [-0.25, -0.2) is 4.79 Å². The van der Waals surface area contributed by atoms with Gasteiger partial charge in [0.05, 0.1) is 29.7 Å². The van der Waals surface area contributed by atoms with Gasteiger partial charge in [-0.3, -0.25) is 9.59 Å². The number of hydrogen-bond acceptors (Lipinski definition) is 5. The molecule has 1 aromatic rings. The van der Waals surface area contributed by atoms with E-state index in [-0.39, 0.29) is 30.3 Å². The molecule has 0 aliphatic heterocycles. The van der Waals surface area contributed by atoms with Gasteiger partial charge in [0, 0.05) is 6.54 Å². The zero-order valence-electron chi connectivity index (χ0n) is 15.6. The van der Waals surface area contributed by atoms with Gasteiger partial charge in [0.2, 0.25) is 11.8 Å². The van der Waals surface area contributed by atoms with E-state index >= 15 is 0 Å². The van der Waals surface area contributed by atoms with Gasteiger partial charge in [0.15, 0.2) is 0 Å². The van der Waals surface area contributed by atoms with Crippen LogP contribution in [0.3, 0.4) is 0 Å². The third kappa shape index (κ3) is 5.56. The summed E-state index contributed by atoms with van der Waals surface area (Å²) in [4.78, 5) is 38.5. The van der Waals surface area contributed by atoms with Crippen molar-refractivity contribution in [2.75, 3.05) is 39.1 Å². The van der Waals surface area contributed by atoms with Crippen molar-refractivity contribution in [2.45, 2.75) is 19.8 Å². The molecule has 0 saturated heterocycles. The second kappa shape index (κ2) is 9.33. The maximum Gasteiger partial charge on any atom is 0.340 e. The standard InChI is InChI=1S/C19H27N3O4/c1-4-26-19(25)13-8-5-6-9-16(13)21-18(24)15-12-14(15)17(23)20-10-7-11-22(2)3/h5-6,8-9,14-15H,4,7,10-12H2,1-3H3,(H,20,23)(H,21,24). The molecule has 1 aliphatic carbocycles. The molecule has 26 heavy (non-hydrogen) atoms. The molecule has 2 N–H and O–H groups in total.